The van der Waals surface area contributed by atoms with Crippen LogP contribution in [0.1, 0.15) is 34.1 Å². The van der Waals surface area contributed by atoms with Crippen LogP contribution in [0.2, 0.25) is 10.0 Å². The second kappa shape index (κ2) is 7.99. The molecule has 0 fully saturated rings. The second-order valence-electron chi connectivity index (χ2n) is 4.91. The molecule has 0 radical (unpaired) electrons. The van der Waals surface area contributed by atoms with Gasteiger partial charge in [-0.3, -0.25) is 9.59 Å². The molecule has 0 aliphatic rings. The van der Waals surface area contributed by atoms with E-state index in [-0.39, 0.29) is 11.8 Å². The summed E-state index contributed by atoms with van der Waals surface area (Å²) in [5, 5.41) is 6.38. The van der Waals surface area contributed by atoms with Crippen LogP contribution in [-0.4, -0.2) is 18.4 Å². The van der Waals surface area contributed by atoms with Crippen LogP contribution in [0.25, 0.3) is 0 Å². The first kappa shape index (κ1) is 17.3. The Morgan fingerprint density at radius 1 is 1.00 bits per heavy atom. The summed E-state index contributed by atoms with van der Waals surface area (Å²) in [6.45, 7) is 2.52. The summed E-state index contributed by atoms with van der Waals surface area (Å²) in [5.41, 5.74) is 1.12. The highest BCUT2D eigenvalue weighted by molar-refractivity contribution is 6.31. The fourth-order valence-electron chi connectivity index (χ4n) is 1.98. The topological polar surface area (TPSA) is 58.2 Å². The Morgan fingerprint density at radius 2 is 1.74 bits per heavy atom. The summed E-state index contributed by atoms with van der Waals surface area (Å²) in [7, 11) is 0. The van der Waals surface area contributed by atoms with Gasteiger partial charge in [0.1, 0.15) is 0 Å². The van der Waals surface area contributed by atoms with Gasteiger partial charge in [0.05, 0.1) is 11.3 Å². The summed E-state index contributed by atoms with van der Waals surface area (Å²) < 4.78 is 0. The van der Waals surface area contributed by atoms with E-state index < -0.39 is 0 Å². The smallest absolute Gasteiger partial charge is 0.255 e. The number of nitrogens with one attached hydrogen (secondary N) is 2. The number of halogens is 2. The maximum absolute atomic E-state index is 12.3. The molecule has 4 nitrogen and oxygen atoms in total. The molecule has 2 N–H and O–H groups in total. The number of anilines is 1. The molecule has 2 aromatic rings. The average molecular weight is 351 g/mol. The normalized spacial score (nSPS) is 10.2. The van der Waals surface area contributed by atoms with Gasteiger partial charge in [-0.2, -0.15) is 0 Å². The molecule has 0 atom stereocenters. The third kappa shape index (κ3) is 4.71. The van der Waals surface area contributed by atoms with E-state index in [1.165, 1.54) is 0 Å². The maximum Gasteiger partial charge on any atom is 0.255 e. The molecule has 0 unspecified atom stereocenters. The zero-order valence-electron chi connectivity index (χ0n) is 12.5. The van der Waals surface area contributed by atoms with E-state index in [1.807, 2.05) is 6.92 Å². The Bertz CT molecular complexity index is 732. The fourth-order valence-corrected chi connectivity index (χ4v) is 2.34. The van der Waals surface area contributed by atoms with Crippen LogP contribution in [0, 0.1) is 0 Å². The molecule has 120 valence electrons. The minimum Gasteiger partial charge on any atom is -0.352 e. The minimum absolute atomic E-state index is 0.259. The van der Waals surface area contributed by atoms with E-state index in [4.69, 9.17) is 23.2 Å². The second-order valence-corrected chi connectivity index (χ2v) is 5.78. The highest BCUT2D eigenvalue weighted by Gasteiger charge is 2.15. The van der Waals surface area contributed by atoms with Crippen molar-refractivity contribution in [3.63, 3.8) is 0 Å². The van der Waals surface area contributed by atoms with Gasteiger partial charge in [0, 0.05) is 22.2 Å². The number of carbonyl (C=O) groups is 2. The van der Waals surface area contributed by atoms with Crippen molar-refractivity contribution < 1.29 is 9.59 Å². The Labute approximate surface area is 144 Å². The van der Waals surface area contributed by atoms with Crippen molar-refractivity contribution in [1.29, 1.82) is 0 Å². The van der Waals surface area contributed by atoms with Crippen molar-refractivity contribution in [2.45, 2.75) is 13.3 Å². The third-order valence-corrected chi connectivity index (χ3v) is 3.57. The molecule has 0 heterocycles. The molecule has 0 aromatic heterocycles. The van der Waals surface area contributed by atoms with Gasteiger partial charge in [-0.25, -0.2) is 0 Å². The summed E-state index contributed by atoms with van der Waals surface area (Å²) >= 11 is 11.9. The number of hydrogen-bond acceptors (Lipinski definition) is 2. The zero-order chi connectivity index (χ0) is 16.8. The van der Waals surface area contributed by atoms with Gasteiger partial charge in [0.25, 0.3) is 11.8 Å². The van der Waals surface area contributed by atoms with E-state index >= 15 is 0 Å². The third-order valence-electron chi connectivity index (χ3n) is 3.10. The van der Waals surface area contributed by atoms with Gasteiger partial charge in [-0.05, 0) is 42.8 Å². The lowest BCUT2D eigenvalue weighted by Gasteiger charge is -2.12. The van der Waals surface area contributed by atoms with Crippen molar-refractivity contribution in [2.24, 2.45) is 0 Å². The largest absolute Gasteiger partial charge is 0.352 e. The molecule has 0 aliphatic carbocycles. The molecule has 6 heteroatoms. The molecule has 2 aromatic carbocycles. The van der Waals surface area contributed by atoms with Crippen LogP contribution in [0.3, 0.4) is 0 Å². The molecule has 2 rings (SSSR count). The van der Waals surface area contributed by atoms with Crippen LogP contribution in [0.15, 0.2) is 42.5 Å². The molecule has 23 heavy (non-hydrogen) atoms. The molecule has 0 aliphatic heterocycles. The molecular formula is C17H16Cl2N2O2. The highest BCUT2D eigenvalue weighted by Crippen LogP contribution is 2.22. The summed E-state index contributed by atoms with van der Waals surface area (Å²) in [6.07, 6.45) is 0.823. The van der Waals surface area contributed by atoms with Gasteiger partial charge in [0.15, 0.2) is 0 Å². The summed E-state index contributed by atoms with van der Waals surface area (Å²) in [4.78, 5) is 24.5. The van der Waals surface area contributed by atoms with Gasteiger partial charge in [-0.1, -0.05) is 36.2 Å². The molecule has 0 saturated carbocycles. The quantitative estimate of drug-likeness (QED) is 0.840. The zero-order valence-corrected chi connectivity index (χ0v) is 14.0. The minimum atomic E-state index is -0.362. The van der Waals surface area contributed by atoms with Crippen molar-refractivity contribution in [3.05, 3.63) is 63.6 Å². The van der Waals surface area contributed by atoms with E-state index in [9.17, 15) is 9.59 Å². The lowest BCUT2D eigenvalue weighted by Crippen LogP contribution is -2.25. The van der Waals surface area contributed by atoms with E-state index in [1.54, 1.807) is 42.5 Å². The molecule has 0 spiro atoms. The van der Waals surface area contributed by atoms with Crippen LogP contribution >= 0.6 is 23.2 Å². The Morgan fingerprint density at radius 3 is 2.43 bits per heavy atom. The first-order valence-corrected chi connectivity index (χ1v) is 7.91. The van der Waals surface area contributed by atoms with Crippen molar-refractivity contribution in [1.82, 2.24) is 5.32 Å². The van der Waals surface area contributed by atoms with Crippen LogP contribution in [-0.2, 0) is 0 Å². The van der Waals surface area contributed by atoms with Crippen molar-refractivity contribution in [2.75, 3.05) is 11.9 Å². The highest BCUT2D eigenvalue weighted by atomic mass is 35.5. The number of rotatable bonds is 5. The number of hydrogen-bond donors (Lipinski definition) is 2. The van der Waals surface area contributed by atoms with Gasteiger partial charge >= 0.3 is 0 Å². The van der Waals surface area contributed by atoms with Crippen LogP contribution in [0.5, 0.6) is 0 Å². The first-order chi connectivity index (χ1) is 11.0. The monoisotopic (exact) mass is 350 g/mol. The predicted molar refractivity (Wildman–Crippen MR) is 93.5 cm³/mol. The maximum atomic E-state index is 12.3. The summed E-state index contributed by atoms with van der Waals surface area (Å²) in [5.74, 6) is -0.621. The lowest BCUT2D eigenvalue weighted by atomic mass is 10.1. The lowest BCUT2D eigenvalue weighted by molar-refractivity contribution is 0.0954. The fraction of sp³-hybridized carbons (Fsp3) is 0.176. The average Bonchev–Trinajstić information content (AvgIpc) is 2.52. The van der Waals surface area contributed by atoms with E-state index in [0.29, 0.717) is 33.4 Å². The first-order valence-electron chi connectivity index (χ1n) is 7.16. The number of amides is 2. The Kier molecular flexibility index (Phi) is 6.02. The van der Waals surface area contributed by atoms with Gasteiger partial charge in [-0.15, -0.1) is 0 Å². The SMILES string of the molecule is CCCNC(=O)c1ccc(Cl)cc1NC(=O)c1cccc(Cl)c1. The van der Waals surface area contributed by atoms with Gasteiger partial charge < -0.3 is 10.6 Å². The number of benzene rings is 2. The van der Waals surface area contributed by atoms with E-state index in [0.717, 1.165) is 6.42 Å². The summed E-state index contributed by atoms with van der Waals surface area (Å²) in [6, 6.07) is 11.3. The number of carbonyl (C=O) groups excluding carboxylic acids is 2. The van der Waals surface area contributed by atoms with Crippen LogP contribution in [0.4, 0.5) is 5.69 Å². The molecule has 0 bridgehead atoms. The van der Waals surface area contributed by atoms with Crippen molar-refractivity contribution in [3.8, 4) is 0 Å². The Hall–Kier alpha value is -2.04. The Balaban J connectivity index is 2.26. The molecule has 0 saturated heterocycles. The predicted octanol–water partition coefficient (Wildman–Crippen LogP) is 4.39. The molecule has 2 amide bonds. The van der Waals surface area contributed by atoms with Crippen LogP contribution < -0.4 is 10.6 Å². The van der Waals surface area contributed by atoms with Gasteiger partial charge in [0.2, 0.25) is 0 Å². The molecular weight excluding hydrogens is 335 g/mol. The standard InChI is InChI=1S/C17H16Cl2N2O2/c1-2-8-20-17(23)14-7-6-13(19)10-15(14)21-16(22)11-4-3-5-12(18)9-11/h3-7,9-10H,2,8H2,1H3,(H,20,23)(H,21,22). The van der Waals surface area contributed by atoms with E-state index in [2.05, 4.69) is 10.6 Å². The van der Waals surface area contributed by atoms with Crippen molar-refractivity contribution >= 4 is 40.7 Å².